The minimum atomic E-state index is -1.31. The summed E-state index contributed by atoms with van der Waals surface area (Å²) in [6, 6.07) is 5.72. The highest BCUT2D eigenvalue weighted by atomic mass is 16.4. The van der Waals surface area contributed by atoms with Crippen LogP contribution in [0.15, 0.2) is 30.6 Å². The van der Waals surface area contributed by atoms with Crippen molar-refractivity contribution in [3.05, 3.63) is 30.6 Å². The molecule has 9 nitrogen and oxygen atoms in total. The van der Waals surface area contributed by atoms with Gasteiger partial charge in [-0.05, 0) is 12.1 Å². The van der Waals surface area contributed by atoms with E-state index in [-0.39, 0.29) is 0 Å². The maximum absolute atomic E-state index is 9.43. The van der Waals surface area contributed by atoms with E-state index in [2.05, 4.69) is 4.98 Å². The molecule has 0 aliphatic heterocycles. The SMILES string of the molecule is O=C(O)CC(=O)O.O=C(O)CC(=O)O.c1ccncc1. The zero-order chi connectivity index (χ0) is 16.0. The monoisotopic (exact) mass is 287 g/mol. The van der Waals surface area contributed by atoms with Gasteiger partial charge < -0.3 is 20.4 Å². The fourth-order valence-electron chi connectivity index (χ4n) is 0.571. The number of hydrogen-bond acceptors (Lipinski definition) is 5. The molecule has 20 heavy (non-hydrogen) atoms. The Morgan fingerprint density at radius 2 is 0.950 bits per heavy atom. The summed E-state index contributed by atoms with van der Waals surface area (Å²) >= 11 is 0. The molecule has 0 fully saturated rings. The van der Waals surface area contributed by atoms with E-state index in [9.17, 15) is 19.2 Å². The Morgan fingerprint density at radius 1 is 0.650 bits per heavy atom. The summed E-state index contributed by atoms with van der Waals surface area (Å²) < 4.78 is 0. The number of carboxylic acid groups (broad SMARTS) is 4. The molecule has 0 atom stereocenters. The summed E-state index contributed by atoms with van der Waals surface area (Å²) in [6.45, 7) is 0. The van der Waals surface area contributed by atoms with Crippen LogP contribution >= 0.6 is 0 Å². The van der Waals surface area contributed by atoms with Crippen molar-refractivity contribution in [2.24, 2.45) is 0 Å². The van der Waals surface area contributed by atoms with E-state index < -0.39 is 36.7 Å². The maximum Gasteiger partial charge on any atom is 0.314 e. The van der Waals surface area contributed by atoms with Crippen LogP contribution in [0, 0.1) is 0 Å². The van der Waals surface area contributed by atoms with Crippen molar-refractivity contribution < 1.29 is 39.6 Å². The van der Waals surface area contributed by atoms with E-state index >= 15 is 0 Å². The number of pyridine rings is 1. The van der Waals surface area contributed by atoms with E-state index in [1.807, 2.05) is 18.2 Å². The second kappa shape index (κ2) is 12.5. The number of aromatic nitrogens is 1. The van der Waals surface area contributed by atoms with Crippen LogP contribution < -0.4 is 0 Å². The van der Waals surface area contributed by atoms with E-state index in [0.29, 0.717) is 0 Å². The smallest absolute Gasteiger partial charge is 0.314 e. The molecule has 9 heteroatoms. The average molecular weight is 287 g/mol. The molecule has 0 aliphatic rings. The van der Waals surface area contributed by atoms with E-state index in [4.69, 9.17) is 20.4 Å². The summed E-state index contributed by atoms with van der Waals surface area (Å²) in [5.41, 5.74) is 0. The number of carbonyl (C=O) groups is 4. The zero-order valence-electron chi connectivity index (χ0n) is 10.2. The molecule has 0 unspecified atom stereocenters. The lowest BCUT2D eigenvalue weighted by atomic mass is 10.5. The number of rotatable bonds is 4. The van der Waals surface area contributed by atoms with E-state index in [1.54, 1.807) is 12.4 Å². The van der Waals surface area contributed by atoms with Gasteiger partial charge in [-0.2, -0.15) is 0 Å². The topological polar surface area (TPSA) is 162 Å². The van der Waals surface area contributed by atoms with Gasteiger partial charge in [0.25, 0.3) is 0 Å². The van der Waals surface area contributed by atoms with Crippen molar-refractivity contribution in [3.63, 3.8) is 0 Å². The Bertz CT molecular complexity index is 355. The summed E-state index contributed by atoms with van der Waals surface area (Å²) in [4.78, 5) is 41.5. The molecular weight excluding hydrogens is 274 g/mol. The summed E-state index contributed by atoms with van der Waals surface area (Å²) in [5.74, 6) is -5.25. The van der Waals surface area contributed by atoms with Crippen LogP contribution in [0.1, 0.15) is 12.8 Å². The largest absolute Gasteiger partial charge is 0.481 e. The number of hydrogen-bond donors (Lipinski definition) is 4. The Labute approximate surface area is 113 Å². The standard InChI is InChI=1S/C5H5N.2C3H4O4/c1-2-4-6-5-3-1;2*4-2(5)1-3(6)7/h1-5H;2*1H2,(H,4,5)(H,6,7). The molecule has 0 amide bonds. The van der Waals surface area contributed by atoms with Gasteiger partial charge in [-0.25, -0.2) is 0 Å². The third-order valence-electron chi connectivity index (χ3n) is 1.17. The second-order valence-electron chi connectivity index (χ2n) is 2.95. The molecule has 4 N–H and O–H groups in total. The van der Waals surface area contributed by atoms with Crippen LogP contribution in [0.3, 0.4) is 0 Å². The fourth-order valence-corrected chi connectivity index (χ4v) is 0.571. The second-order valence-corrected chi connectivity index (χ2v) is 2.95. The molecule has 1 rings (SSSR count). The van der Waals surface area contributed by atoms with Gasteiger partial charge in [0.05, 0.1) is 0 Å². The van der Waals surface area contributed by atoms with Crippen molar-refractivity contribution in [2.75, 3.05) is 0 Å². The third-order valence-corrected chi connectivity index (χ3v) is 1.17. The van der Waals surface area contributed by atoms with Crippen LogP contribution in [0.2, 0.25) is 0 Å². The lowest BCUT2D eigenvalue weighted by Gasteiger charge is -1.80. The van der Waals surface area contributed by atoms with E-state index in [0.717, 1.165) is 0 Å². The van der Waals surface area contributed by atoms with Gasteiger partial charge in [0.15, 0.2) is 0 Å². The quantitative estimate of drug-likeness (QED) is 0.565. The molecule has 0 spiro atoms. The van der Waals surface area contributed by atoms with Crippen LogP contribution in [0.5, 0.6) is 0 Å². The van der Waals surface area contributed by atoms with Crippen LogP contribution in [0.25, 0.3) is 0 Å². The molecule has 0 bridgehead atoms. The molecule has 0 aromatic carbocycles. The third kappa shape index (κ3) is 24.3. The van der Waals surface area contributed by atoms with Crippen molar-refractivity contribution >= 4 is 23.9 Å². The Balaban J connectivity index is 0. The van der Waals surface area contributed by atoms with Gasteiger partial charge in [0.1, 0.15) is 12.8 Å². The number of nitrogens with zero attached hydrogens (tertiary/aromatic N) is 1. The molecule has 110 valence electrons. The molecule has 1 aromatic heterocycles. The van der Waals surface area contributed by atoms with Crippen molar-refractivity contribution in [2.45, 2.75) is 12.8 Å². The minimum Gasteiger partial charge on any atom is -0.481 e. The van der Waals surface area contributed by atoms with Gasteiger partial charge >= 0.3 is 23.9 Å². The van der Waals surface area contributed by atoms with Crippen molar-refractivity contribution in [1.29, 1.82) is 0 Å². The first-order chi connectivity index (χ1) is 9.25. The molecule has 1 heterocycles. The van der Waals surface area contributed by atoms with Crippen LogP contribution in [0.4, 0.5) is 0 Å². The molecule has 0 saturated heterocycles. The minimum absolute atomic E-state index is 0.806. The van der Waals surface area contributed by atoms with Crippen molar-refractivity contribution in [1.82, 2.24) is 4.98 Å². The molecule has 1 aromatic rings. The normalized spacial score (nSPS) is 8.00. The highest BCUT2D eigenvalue weighted by Gasteiger charge is 2.02. The summed E-state index contributed by atoms with van der Waals surface area (Å²) in [6.07, 6.45) is 1.89. The van der Waals surface area contributed by atoms with Crippen LogP contribution in [-0.4, -0.2) is 49.3 Å². The molecule has 0 aliphatic carbocycles. The lowest BCUT2D eigenvalue weighted by molar-refractivity contribution is -0.149. The van der Waals surface area contributed by atoms with Gasteiger partial charge in [0, 0.05) is 12.4 Å². The molecular formula is C11H13NO8. The van der Waals surface area contributed by atoms with Gasteiger partial charge in [-0.3, -0.25) is 24.2 Å². The Morgan fingerprint density at radius 3 is 1.00 bits per heavy atom. The predicted molar refractivity (Wildman–Crippen MR) is 64.0 cm³/mol. The maximum atomic E-state index is 9.43. The molecule has 0 saturated carbocycles. The molecule has 0 radical (unpaired) electrons. The number of carboxylic acids is 4. The first-order valence-corrected chi connectivity index (χ1v) is 4.97. The highest BCUT2D eigenvalue weighted by Crippen LogP contribution is 1.75. The zero-order valence-corrected chi connectivity index (χ0v) is 10.2. The average Bonchev–Trinajstić information content (AvgIpc) is 2.29. The van der Waals surface area contributed by atoms with Gasteiger partial charge in [0.2, 0.25) is 0 Å². The summed E-state index contributed by atoms with van der Waals surface area (Å²) in [7, 11) is 0. The predicted octanol–water partition coefficient (Wildman–Crippen LogP) is 0.173. The lowest BCUT2D eigenvalue weighted by Crippen LogP contribution is -2.03. The Kier molecular flexibility index (Phi) is 12.1. The fraction of sp³-hybridized carbons (Fsp3) is 0.182. The first kappa shape index (κ1) is 19.4. The van der Waals surface area contributed by atoms with E-state index in [1.165, 1.54) is 0 Å². The van der Waals surface area contributed by atoms with Crippen molar-refractivity contribution in [3.8, 4) is 0 Å². The van der Waals surface area contributed by atoms with Gasteiger partial charge in [-0.1, -0.05) is 6.07 Å². The Hall–Kier alpha value is -2.97. The first-order valence-electron chi connectivity index (χ1n) is 4.97. The number of aliphatic carboxylic acids is 4. The highest BCUT2D eigenvalue weighted by molar-refractivity contribution is 5.89. The van der Waals surface area contributed by atoms with Crippen LogP contribution in [-0.2, 0) is 19.2 Å². The summed E-state index contributed by atoms with van der Waals surface area (Å²) in [5, 5.41) is 30.8. The van der Waals surface area contributed by atoms with Gasteiger partial charge in [-0.15, -0.1) is 0 Å².